The lowest BCUT2D eigenvalue weighted by molar-refractivity contribution is -0.145. The van der Waals surface area contributed by atoms with Gasteiger partial charge in [-0.2, -0.15) is 4.98 Å². The Labute approximate surface area is 157 Å². The molecule has 0 saturated carbocycles. The molecule has 7 nitrogen and oxygen atoms in total. The zero-order valence-corrected chi connectivity index (χ0v) is 15.8. The maximum atomic E-state index is 11.9. The van der Waals surface area contributed by atoms with Gasteiger partial charge in [0.2, 0.25) is 0 Å². The molecule has 1 aromatic carbocycles. The van der Waals surface area contributed by atoms with Crippen molar-refractivity contribution in [2.45, 2.75) is 46.6 Å². The molecule has 3 rings (SSSR count). The summed E-state index contributed by atoms with van der Waals surface area (Å²) in [5.74, 6) is 2.18. The summed E-state index contributed by atoms with van der Waals surface area (Å²) < 4.78 is 15.9. The van der Waals surface area contributed by atoms with E-state index in [1.165, 1.54) is 5.56 Å². The van der Waals surface area contributed by atoms with Crippen molar-refractivity contribution in [1.29, 1.82) is 0 Å². The minimum Gasteiger partial charge on any atom is -0.456 e. The van der Waals surface area contributed by atoms with Crippen LogP contribution in [-0.2, 0) is 29.0 Å². The molecule has 0 radical (unpaired) electrons. The molecule has 0 unspecified atom stereocenters. The van der Waals surface area contributed by atoms with Crippen LogP contribution < -0.4 is 0 Å². The molecule has 7 heteroatoms. The lowest BCUT2D eigenvalue weighted by Gasteiger charge is -2.00. The highest BCUT2D eigenvalue weighted by atomic mass is 16.6. The van der Waals surface area contributed by atoms with Gasteiger partial charge in [0.1, 0.15) is 0 Å². The Kier molecular flexibility index (Phi) is 6.01. The van der Waals surface area contributed by atoms with Gasteiger partial charge in [-0.25, -0.2) is 4.98 Å². The maximum absolute atomic E-state index is 11.9. The van der Waals surface area contributed by atoms with Crippen LogP contribution in [0.3, 0.4) is 0 Å². The lowest BCUT2D eigenvalue weighted by atomic mass is 10.1. The number of nitrogens with zero attached hydrogens (tertiary/aromatic N) is 3. The predicted molar refractivity (Wildman–Crippen MR) is 97.6 cm³/mol. The number of rotatable bonds is 8. The third-order valence-electron chi connectivity index (χ3n) is 3.89. The molecule has 0 amide bonds. The van der Waals surface area contributed by atoms with Crippen molar-refractivity contribution in [3.05, 3.63) is 53.6 Å². The summed E-state index contributed by atoms with van der Waals surface area (Å²) in [6, 6.07) is 7.98. The highest BCUT2D eigenvalue weighted by Crippen LogP contribution is 2.21. The van der Waals surface area contributed by atoms with Gasteiger partial charge in [0.05, 0.1) is 12.6 Å². The van der Waals surface area contributed by atoms with E-state index in [9.17, 15) is 4.79 Å². The van der Waals surface area contributed by atoms with Crippen LogP contribution in [0.5, 0.6) is 0 Å². The topological polar surface area (TPSA) is 91.2 Å². The normalized spacial score (nSPS) is 11.1. The number of carbonyl (C=O) groups is 1. The lowest BCUT2D eigenvalue weighted by Crippen LogP contribution is -2.06. The molecule has 0 aliphatic heterocycles. The van der Waals surface area contributed by atoms with Crippen molar-refractivity contribution >= 4 is 5.97 Å². The molecule has 0 saturated heterocycles. The van der Waals surface area contributed by atoms with E-state index in [-0.39, 0.29) is 19.0 Å². The molecule has 0 aliphatic carbocycles. The number of esters is 1. The van der Waals surface area contributed by atoms with E-state index in [0.29, 0.717) is 35.7 Å². The molecule has 0 aliphatic rings. The van der Waals surface area contributed by atoms with E-state index in [0.717, 1.165) is 12.0 Å². The van der Waals surface area contributed by atoms with Gasteiger partial charge in [-0.15, -0.1) is 0 Å². The smallest absolute Gasteiger partial charge is 0.306 e. The molecule has 0 fully saturated rings. The molecule has 2 heterocycles. The summed E-state index contributed by atoms with van der Waals surface area (Å²) in [5, 5.41) is 3.86. The first-order valence-electron chi connectivity index (χ1n) is 8.98. The summed E-state index contributed by atoms with van der Waals surface area (Å²) in [6.45, 7) is 6.15. The molecule has 27 heavy (non-hydrogen) atoms. The zero-order chi connectivity index (χ0) is 19.2. The quantitative estimate of drug-likeness (QED) is 0.556. The Morgan fingerprint density at radius 1 is 1.19 bits per heavy atom. The molecule has 2 aromatic heterocycles. The van der Waals surface area contributed by atoms with Crippen LogP contribution in [0.15, 0.2) is 39.4 Å². The van der Waals surface area contributed by atoms with E-state index in [1.807, 2.05) is 31.2 Å². The third kappa shape index (κ3) is 5.51. The van der Waals surface area contributed by atoms with E-state index >= 15 is 0 Å². The third-order valence-corrected chi connectivity index (χ3v) is 3.89. The number of benzene rings is 1. The number of hydrogen-bond donors (Lipinski definition) is 0. The SMILES string of the molecule is Cc1ccc(-c2cnc(CCC(=O)OCc3nc(CC(C)C)no3)o2)cc1. The second-order valence-electron chi connectivity index (χ2n) is 6.85. The fourth-order valence-electron chi connectivity index (χ4n) is 2.50. The van der Waals surface area contributed by atoms with Gasteiger partial charge in [0.15, 0.2) is 24.1 Å². The molecule has 0 atom stereocenters. The van der Waals surface area contributed by atoms with Crippen molar-refractivity contribution in [2.24, 2.45) is 5.92 Å². The van der Waals surface area contributed by atoms with Crippen molar-refractivity contribution < 1.29 is 18.5 Å². The molecule has 0 N–H and O–H groups in total. The number of oxazole rings is 1. The van der Waals surface area contributed by atoms with Crippen LogP contribution in [-0.4, -0.2) is 21.1 Å². The molecular weight excluding hydrogens is 346 g/mol. The van der Waals surface area contributed by atoms with Crippen LogP contribution in [0.25, 0.3) is 11.3 Å². The summed E-state index contributed by atoms with van der Waals surface area (Å²) in [7, 11) is 0. The van der Waals surface area contributed by atoms with Gasteiger partial charge in [-0.1, -0.05) is 48.8 Å². The Hall–Kier alpha value is -2.96. The van der Waals surface area contributed by atoms with Crippen LogP contribution in [0.2, 0.25) is 0 Å². The summed E-state index contributed by atoms with van der Waals surface area (Å²) >= 11 is 0. The number of hydrogen-bond acceptors (Lipinski definition) is 7. The second kappa shape index (κ2) is 8.62. The van der Waals surface area contributed by atoms with Gasteiger partial charge in [-0.3, -0.25) is 4.79 Å². The van der Waals surface area contributed by atoms with Crippen LogP contribution in [0.4, 0.5) is 0 Å². The fourth-order valence-corrected chi connectivity index (χ4v) is 2.50. The Morgan fingerprint density at radius 3 is 2.70 bits per heavy atom. The van der Waals surface area contributed by atoms with E-state index < -0.39 is 0 Å². The minimum atomic E-state index is -0.367. The highest BCUT2D eigenvalue weighted by molar-refractivity contribution is 5.69. The van der Waals surface area contributed by atoms with E-state index in [4.69, 9.17) is 13.7 Å². The van der Waals surface area contributed by atoms with Crippen molar-refractivity contribution in [1.82, 2.24) is 15.1 Å². The maximum Gasteiger partial charge on any atom is 0.306 e. The van der Waals surface area contributed by atoms with Gasteiger partial charge < -0.3 is 13.7 Å². The standard InChI is InChI=1S/C20H23N3O4/c1-13(2)10-17-22-19(27-23-17)12-25-20(24)9-8-18-21-11-16(26-18)15-6-4-14(3)5-7-15/h4-7,11,13H,8-10,12H2,1-3H3. The fraction of sp³-hybridized carbons (Fsp3) is 0.400. The minimum absolute atomic E-state index is 0.0237. The first kappa shape index (κ1) is 18.8. The Bertz CT molecular complexity index is 881. The summed E-state index contributed by atoms with van der Waals surface area (Å²) in [6.07, 6.45) is 2.93. The van der Waals surface area contributed by atoms with Crippen LogP contribution in [0, 0.1) is 12.8 Å². The monoisotopic (exact) mass is 369 g/mol. The average Bonchev–Trinajstić information content (AvgIpc) is 3.28. The Balaban J connectivity index is 1.45. The summed E-state index contributed by atoms with van der Waals surface area (Å²) in [4.78, 5) is 20.3. The molecule has 3 aromatic rings. The number of carbonyl (C=O) groups excluding carboxylic acids is 1. The van der Waals surface area contributed by atoms with E-state index in [2.05, 4.69) is 29.0 Å². The number of aromatic nitrogens is 3. The van der Waals surface area contributed by atoms with Gasteiger partial charge >= 0.3 is 5.97 Å². The average molecular weight is 369 g/mol. The van der Waals surface area contributed by atoms with Gasteiger partial charge in [0.25, 0.3) is 5.89 Å². The second-order valence-corrected chi connectivity index (χ2v) is 6.85. The predicted octanol–water partition coefficient (Wildman–Crippen LogP) is 3.91. The number of ether oxygens (including phenoxy) is 1. The molecular formula is C20H23N3O4. The largest absolute Gasteiger partial charge is 0.456 e. The first-order valence-corrected chi connectivity index (χ1v) is 8.98. The van der Waals surface area contributed by atoms with Crippen LogP contribution >= 0.6 is 0 Å². The highest BCUT2D eigenvalue weighted by Gasteiger charge is 2.13. The van der Waals surface area contributed by atoms with Crippen LogP contribution in [0.1, 0.15) is 43.4 Å². The van der Waals surface area contributed by atoms with E-state index in [1.54, 1.807) is 6.20 Å². The van der Waals surface area contributed by atoms with Crippen molar-refractivity contribution in [2.75, 3.05) is 0 Å². The van der Waals surface area contributed by atoms with Gasteiger partial charge in [0, 0.05) is 18.4 Å². The van der Waals surface area contributed by atoms with Crippen molar-refractivity contribution in [3.63, 3.8) is 0 Å². The van der Waals surface area contributed by atoms with Crippen molar-refractivity contribution in [3.8, 4) is 11.3 Å². The number of aryl methyl sites for hydroxylation is 2. The summed E-state index contributed by atoms with van der Waals surface area (Å²) in [5.41, 5.74) is 2.13. The molecule has 142 valence electrons. The molecule has 0 bridgehead atoms. The molecule has 0 spiro atoms. The zero-order valence-electron chi connectivity index (χ0n) is 15.8. The Morgan fingerprint density at radius 2 is 1.96 bits per heavy atom. The first-order chi connectivity index (χ1) is 13.0. The van der Waals surface area contributed by atoms with Gasteiger partial charge in [-0.05, 0) is 12.8 Å².